The first-order valence-electron chi connectivity index (χ1n) is 7.71. The third-order valence-electron chi connectivity index (χ3n) is 4.71. The zero-order valence-corrected chi connectivity index (χ0v) is 11.5. The number of nitrogens with one attached hydrogen (secondary N) is 1. The number of rotatable bonds is 5. The van der Waals surface area contributed by atoms with Crippen LogP contribution < -0.4 is 5.32 Å². The van der Waals surface area contributed by atoms with Crippen molar-refractivity contribution in [1.82, 2.24) is 10.2 Å². The van der Waals surface area contributed by atoms with Crippen LogP contribution in [0.1, 0.15) is 52.4 Å². The minimum atomic E-state index is 0.723. The zero-order valence-electron chi connectivity index (χ0n) is 11.5. The highest BCUT2D eigenvalue weighted by molar-refractivity contribution is 4.92. The van der Waals surface area contributed by atoms with E-state index in [-0.39, 0.29) is 0 Å². The Morgan fingerprint density at radius 2 is 1.76 bits per heavy atom. The lowest BCUT2D eigenvalue weighted by molar-refractivity contribution is 0.104. The van der Waals surface area contributed by atoms with Crippen LogP contribution in [0.25, 0.3) is 0 Å². The van der Waals surface area contributed by atoms with Crippen LogP contribution in [0, 0.1) is 11.8 Å². The van der Waals surface area contributed by atoms with E-state index in [1.807, 2.05) is 0 Å². The molecule has 1 heterocycles. The second-order valence-corrected chi connectivity index (χ2v) is 6.97. The Labute approximate surface area is 106 Å². The largest absolute Gasteiger partial charge is 0.310 e. The Hall–Kier alpha value is -0.0800. The van der Waals surface area contributed by atoms with Crippen molar-refractivity contribution in [2.24, 2.45) is 11.8 Å². The van der Waals surface area contributed by atoms with Gasteiger partial charge >= 0.3 is 0 Å². The van der Waals surface area contributed by atoms with Crippen molar-refractivity contribution in [2.75, 3.05) is 13.1 Å². The molecule has 2 saturated carbocycles. The molecule has 2 atom stereocenters. The fraction of sp³-hybridized carbons (Fsp3) is 1.00. The van der Waals surface area contributed by atoms with Crippen LogP contribution in [0.3, 0.4) is 0 Å². The molecule has 2 unspecified atom stereocenters. The molecule has 2 aliphatic carbocycles. The molecule has 3 fully saturated rings. The highest BCUT2D eigenvalue weighted by Gasteiger charge is 2.34. The maximum absolute atomic E-state index is 3.86. The van der Waals surface area contributed by atoms with E-state index in [4.69, 9.17) is 0 Å². The van der Waals surface area contributed by atoms with E-state index in [1.54, 1.807) is 0 Å². The second-order valence-electron chi connectivity index (χ2n) is 6.97. The van der Waals surface area contributed by atoms with Crippen molar-refractivity contribution in [1.29, 1.82) is 0 Å². The van der Waals surface area contributed by atoms with Crippen molar-refractivity contribution >= 4 is 0 Å². The molecule has 0 bridgehead atoms. The van der Waals surface area contributed by atoms with Crippen LogP contribution >= 0.6 is 0 Å². The van der Waals surface area contributed by atoms with Gasteiger partial charge in [0, 0.05) is 31.2 Å². The van der Waals surface area contributed by atoms with E-state index < -0.39 is 0 Å². The third kappa shape index (κ3) is 3.45. The van der Waals surface area contributed by atoms with Gasteiger partial charge in [-0.15, -0.1) is 0 Å². The van der Waals surface area contributed by atoms with Gasteiger partial charge in [0.05, 0.1) is 0 Å². The molecule has 0 aromatic rings. The first-order valence-corrected chi connectivity index (χ1v) is 7.71. The lowest BCUT2D eigenvalue weighted by atomic mass is 9.89. The van der Waals surface area contributed by atoms with Gasteiger partial charge in [0.2, 0.25) is 0 Å². The summed E-state index contributed by atoms with van der Waals surface area (Å²) in [5, 5.41) is 3.86. The SMILES string of the molecule is CC(C)N1CC(CC2CC2)CC(NC2CC2)C1. The molecule has 2 nitrogen and oxygen atoms in total. The Bertz CT molecular complexity index is 234. The lowest BCUT2D eigenvalue weighted by Gasteiger charge is -2.40. The van der Waals surface area contributed by atoms with Crippen LogP contribution in [0.5, 0.6) is 0 Å². The van der Waals surface area contributed by atoms with Gasteiger partial charge in [-0.2, -0.15) is 0 Å². The predicted octanol–water partition coefficient (Wildman–Crippen LogP) is 2.64. The van der Waals surface area contributed by atoms with Gasteiger partial charge in [-0.1, -0.05) is 12.8 Å². The highest BCUT2D eigenvalue weighted by atomic mass is 15.2. The molecule has 3 aliphatic rings. The summed E-state index contributed by atoms with van der Waals surface area (Å²) in [4.78, 5) is 2.70. The molecule has 0 aromatic heterocycles. The monoisotopic (exact) mass is 236 g/mol. The molecule has 0 amide bonds. The maximum atomic E-state index is 3.86. The second kappa shape index (κ2) is 4.89. The molecule has 0 aromatic carbocycles. The van der Waals surface area contributed by atoms with Gasteiger partial charge in [0.15, 0.2) is 0 Å². The molecule has 17 heavy (non-hydrogen) atoms. The molecule has 98 valence electrons. The molecule has 3 rings (SSSR count). The topological polar surface area (TPSA) is 15.3 Å². The van der Waals surface area contributed by atoms with Gasteiger partial charge < -0.3 is 5.32 Å². The summed E-state index contributed by atoms with van der Waals surface area (Å²) < 4.78 is 0. The van der Waals surface area contributed by atoms with E-state index in [1.165, 1.54) is 51.6 Å². The zero-order chi connectivity index (χ0) is 11.8. The number of piperidine rings is 1. The van der Waals surface area contributed by atoms with Crippen molar-refractivity contribution < 1.29 is 0 Å². The van der Waals surface area contributed by atoms with Crippen LogP contribution in [-0.2, 0) is 0 Å². The Kier molecular flexibility index (Phi) is 3.45. The number of likely N-dealkylation sites (tertiary alicyclic amines) is 1. The van der Waals surface area contributed by atoms with Gasteiger partial charge in [-0.3, -0.25) is 4.90 Å². The normalized spacial score (nSPS) is 35.5. The summed E-state index contributed by atoms with van der Waals surface area (Å²) in [7, 11) is 0. The quantitative estimate of drug-likeness (QED) is 0.789. The first-order chi connectivity index (χ1) is 8.20. The van der Waals surface area contributed by atoms with Gasteiger partial charge in [0.25, 0.3) is 0 Å². The summed E-state index contributed by atoms with van der Waals surface area (Å²) in [5.74, 6) is 2.06. The fourth-order valence-electron chi connectivity index (χ4n) is 3.36. The van der Waals surface area contributed by atoms with Crippen LogP contribution in [0.2, 0.25) is 0 Å². The molecular formula is C15H28N2. The minimum Gasteiger partial charge on any atom is -0.310 e. The van der Waals surface area contributed by atoms with Crippen molar-refractivity contribution in [3.8, 4) is 0 Å². The number of hydrogen-bond donors (Lipinski definition) is 1. The third-order valence-corrected chi connectivity index (χ3v) is 4.71. The summed E-state index contributed by atoms with van der Waals surface area (Å²) in [6.07, 6.45) is 8.82. The number of hydrogen-bond acceptors (Lipinski definition) is 2. The Balaban J connectivity index is 1.55. The smallest absolute Gasteiger partial charge is 0.0200 e. The summed E-state index contributed by atoms with van der Waals surface area (Å²) in [6.45, 7) is 7.35. The Morgan fingerprint density at radius 1 is 1.00 bits per heavy atom. The lowest BCUT2D eigenvalue weighted by Crippen LogP contribution is -2.52. The average molecular weight is 236 g/mol. The molecule has 1 aliphatic heterocycles. The number of nitrogens with zero attached hydrogens (tertiary/aromatic N) is 1. The molecule has 1 saturated heterocycles. The molecule has 0 radical (unpaired) electrons. The summed E-state index contributed by atoms with van der Waals surface area (Å²) in [6, 6.07) is 2.37. The molecule has 1 N–H and O–H groups in total. The van der Waals surface area contributed by atoms with Gasteiger partial charge in [0.1, 0.15) is 0 Å². The van der Waals surface area contributed by atoms with E-state index in [0.29, 0.717) is 0 Å². The first kappa shape index (κ1) is 12.0. The summed E-state index contributed by atoms with van der Waals surface area (Å²) >= 11 is 0. The minimum absolute atomic E-state index is 0.723. The van der Waals surface area contributed by atoms with Gasteiger partial charge in [-0.25, -0.2) is 0 Å². The fourth-order valence-corrected chi connectivity index (χ4v) is 3.36. The average Bonchev–Trinajstić information content (AvgIpc) is 3.13. The molecule has 2 heteroatoms. The standard InChI is InChI=1S/C15H28N2/c1-11(2)17-9-13(7-12-3-4-12)8-15(10-17)16-14-5-6-14/h11-16H,3-10H2,1-2H3. The molecule has 0 spiro atoms. The van der Waals surface area contributed by atoms with Crippen LogP contribution in [0.15, 0.2) is 0 Å². The van der Waals surface area contributed by atoms with Crippen molar-refractivity contribution in [2.45, 2.75) is 70.5 Å². The van der Waals surface area contributed by atoms with E-state index in [9.17, 15) is 0 Å². The van der Waals surface area contributed by atoms with Crippen molar-refractivity contribution in [3.63, 3.8) is 0 Å². The van der Waals surface area contributed by atoms with Crippen LogP contribution in [-0.4, -0.2) is 36.1 Å². The van der Waals surface area contributed by atoms with Gasteiger partial charge in [-0.05, 0) is 51.4 Å². The van der Waals surface area contributed by atoms with Crippen LogP contribution in [0.4, 0.5) is 0 Å². The maximum Gasteiger partial charge on any atom is 0.0200 e. The predicted molar refractivity (Wildman–Crippen MR) is 72.1 cm³/mol. The van der Waals surface area contributed by atoms with Crippen molar-refractivity contribution in [3.05, 3.63) is 0 Å². The van der Waals surface area contributed by atoms with E-state index in [0.717, 1.165) is 30.0 Å². The molecular weight excluding hydrogens is 208 g/mol. The highest BCUT2D eigenvalue weighted by Crippen LogP contribution is 2.38. The van der Waals surface area contributed by atoms with E-state index in [2.05, 4.69) is 24.1 Å². The summed E-state index contributed by atoms with van der Waals surface area (Å²) in [5.41, 5.74) is 0. The Morgan fingerprint density at radius 3 is 2.35 bits per heavy atom. The van der Waals surface area contributed by atoms with E-state index >= 15 is 0 Å².